The maximum absolute atomic E-state index is 13.7. The van der Waals surface area contributed by atoms with Gasteiger partial charge in [0.15, 0.2) is 0 Å². The molecule has 1 amide bonds. The molecule has 0 aliphatic rings. The lowest BCUT2D eigenvalue weighted by Gasteiger charge is -2.05. The predicted molar refractivity (Wildman–Crippen MR) is 77.4 cm³/mol. The van der Waals surface area contributed by atoms with Crippen molar-refractivity contribution >= 4 is 22.9 Å². The summed E-state index contributed by atoms with van der Waals surface area (Å²) in [6.07, 6.45) is 0. The van der Waals surface area contributed by atoms with Gasteiger partial charge < -0.3 is 10.4 Å². The largest absolute Gasteiger partial charge is 0.384 e. The first-order valence-corrected chi connectivity index (χ1v) is 6.74. The Kier molecular flexibility index (Phi) is 4.51. The van der Waals surface area contributed by atoms with E-state index in [0.717, 1.165) is 5.56 Å². The molecule has 1 aromatic carbocycles. The molecule has 0 fully saturated rings. The monoisotopic (exact) mass is 289 g/mol. The SMILES string of the molecule is Cc1ccsc1C(=O)Nc1ccc(C#CCO)c(F)c1. The van der Waals surface area contributed by atoms with Crippen LogP contribution >= 0.6 is 11.3 Å². The Morgan fingerprint density at radius 1 is 1.45 bits per heavy atom. The van der Waals surface area contributed by atoms with Crippen molar-refractivity contribution in [2.75, 3.05) is 11.9 Å². The molecule has 2 aromatic rings. The number of nitrogens with one attached hydrogen (secondary N) is 1. The van der Waals surface area contributed by atoms with Crippen molar-refractivity contribution in [1.82, 2.24) is 0 Å². The van der Waals surface area contributed by atoms with E-state index in [1.54, 1.807) is 6.07 Å². The maximum Gasteiger partial charge on any atom is 0.265 e. The van der Waals surface area contributed by atoms with Crippen molar-refractivity contribution in [1.29, 1.82) is 0 Å². The van der Waals surface area contributed by atoms with Gasteiger partial charge in [-0.25, -0.2) is 4.39 Å². The summed E-state index contributed by atoms with van der Waals surface area (Å²) in [4.78, 5) is 12.6. The molecule has 0 aliphatic carbocycles. The van der Waals surface area contributed by atoms with Gasteiger partial charge in [0.2, 0.25) is 0 Å². The van der Waals surface area contributed by atoms with E-state index in [-0.39, 0.29) is 18.1 Å². The van der Waals surface area contributed by atoms with Crippen LogP contribution in [0.2, 0.25) is 0 Å². The quantitative estimate of drug-likeness (QED) is 0.835. The molecule has 1 heterocycles. The van der Waals surface area contributed by atoms with E-state index in [0.29, 0.717) is 10.6 Å². The number of hydrogen-bond donors (Lipinski definition) is 2. The first-order valence-electron chi connectivity index (χ1n) is 5.86. The second-order valence-electron chi connectivity index (χ2n) is 4.04. The first kappa shape index (κ1) is 14.3. The average molecular weight is 289 g/mol. The molecule has 0 atom stereocenters. The topological polar surface area (TPSA) is 49.3 Å². The van der Waals surface area contributed by atoms with Gasteiger partial charge in [0.1, 0.15) is 12.4 Å². The van der Waals surface area contributed by atoms with Crippen LogP contribution < -0.4 is 5.32 Å². The Labute approximate surface area is 120 Å². The van der Waals surface area contributed by atoms with Gasteiger partial charge in [0.25, 0.3) is 5.91 Å². The smallest absolute Gasteiger partial charge is 0.265 e. The van der Waals surface area contributed by atoms with Crippen LogP contribution in [-0.4, -0.2) is 17.6 Å². The molecular weight excluding hydrogens is 277 g/mol. The van der Waals surface area contributed by atoms with E-state index in [2.05, 4.69) is 17.2 Å². The Bertz CT molecular complexity index is 697. The summed E-state index contributed by atoms with van der Waals surface area (Å²) in [7, 11) is 0. The van der Waals surface area contributed by atoms with Crippen molar-refractivity contribution in [2.24, 2.45) is 0 Å². The van der Waals surface area contributed by atoms with Crippen molar-refractivity contribution in [3.05, 3.63) is 51.5 Å². The molecule has 3 nitrogen and oxygen atoms in total. The number of carbonyl (C=O) groups is 1. The fraction of sp³-hybridized carbons (Fsp3) is 0.133. The lowest BCUT2D eigenvalue weighted by atomic mass is 10.2. The number of hydrogen-bond acceptors (Lipinski definition) is 3. The highest BCUT2D eigenvalue weighted by molar-refractivity contribution is 7.12. The zero-order chi connectivity index (χ0) is 14.5. The molecule has 0 spiro atoms. The van der Waals surface area contributed by atoms with E-state index in [1.165, 1.54) is 23.5 Å². The van der Waals surface area contributed by atoms with Crippen LogP contribution in [0.25, 0.3) is 0 Å². The zero-order valence-corrected chi connectivity index (χ0v) is 11.6. The molecule has 0 aliphatic heterocycles. The molecule has 102 valence electrons. The fourth-order valence-corrected chi connectivity index (χ4v) is 2.44. The molecular formula is C15H12FNO2S. The van der Waals surface area contributed by atoms with Gasteiger partial charge in [-0.05, 0) is 42.1 Å². The second kappa shape index (κ2) is 6.33. The highest BCUT2D eigenvalue weighted by Crippen LogP contribution is 2.19. The van der Waals surface area contributed by atoms with Crippen LogP contribution in [0.4, 0.5) is 10.1 Å². The lowest BCUT2D eigenvalue weighted by Crippen LogP contribution is -2.11. The molecule has 1 aromatic heterocycles. The van der Waals surface area contributed by atoms with E-state index < -0.39 is 5.82 Å². The van der Waals surface area contributed by atoms with E-state index in [4.69, 9.17) is 5.11 Å². The summed E-state index contributed by atoms with van der Waals surface area (Å²) in [6.45, 7) is 1.52. The Morgan fingerprint density at radius 3 is 2.85 bits per heavy atom. The zero-order valence-electron chi connectivity index (χ0n) is 10.7. The summed E-state index contributed by atoms with van der Waals surface area (Å²) in [5.41, 5.74) is 1.44. The standard InChI is InChI=1S/C15H12FNO2S/c1-10-6-8-20-14(10)15(19)17-12-5-4-11(3-2-7-18)13(16)9-12/h4-6,8-9,18H,7H2,1H3,(H,17,19). The Morgan fingerprint density at radius 2 is 2.25 bits per heavy atom. The van der Waals surface area contributed by atoms with E-state index >= 15 is 0 Å². The molecule has 0 unspecified atom stereocenters. The summed E-state index contributed by atoms with van der Waals surface area (Å²) in [5, 5.41) is 13.0. The van der Waals surface area contributed by atoms with Crippen LogP contribution in [0.3, 0.4) is 0 Å². The molecule has 0 saturated heterocycles. The van der Waals surface area contributed by atoms with Crippen molar-refractivity contribution in [3.63, 3.8) is 0 Å². The van der Waals surface area contributed by atoms with Gasteiger partial charge in [-0.3, -0.25) is 4.79 Å². The average Bonchev–Trinajstić information content (AvgIpc) is 2.84. The number of amides is 1. The van der Waals surface area contributed by atoms with E-state index in [9.17, 15) is 9.18 Å². The highest BCUT2D eigenvalue weighted by atomic mass is 32.1. The van der Waals surface area contributed by atoms with Crippen LogP contribution in [0.5, 0.6) is 0 Å². The summed E-state index contributed by atoms with van der Waals surface area (Å²) in [6, 6.07) is 6.11. The van der Waals surface area contributed by atoms with E-state index in [1.807, 2.05) is 18.4 Å². The summed E-state index contributed by atoms with van der Waals surface area (Å²) < 4.78 is 13.7. The Hall–Kier alpha value is -2.16. The highest BCUT2D eigenvalue weighted by Gasteiger charge is 2.11. The van der Waals surface area contributed by atoms with Crippen molar-refractivity contribution in [3.8, 4) is 11.8 Å². The number of thiophene rings is 1. The van der Waals surface area contributed by atoms with Crippen molar-refractivity contribution in [2.45, 2.75) is 6.92 Å². The molecule has 0 bridgehead atoms. The van der Waals surface area contributed by atoms with Crippen molar-refractivity contribution < 1.29 is 14.3 Å². The minimum Gasteiger partial charge on any atom is -0.384 e. The number of halogens is 1. The molecule has 2 rings (SSSR count). The lowest BCUT2D eigenvalue weighted by molar-refractivity contribution is 0.103. The van der Waals surface area contributed by atoms with Gasteiger partial charge in [-0.1, -0.05) is 11.8 Å². The summed E-state index contributed by atoms with van der Waals surface area (Å²) in [5.74, 6) is 4.08. The van der Waals surface area contributed by atoms with Crippen LogP contribution in [0.15, 0.2) is 29.6 Å². The third-order valence-corrected chi connectivity index (χ3v) is 3.61. The fourth-order valence-electron chi connectivity index (χ4n) is 1.62. The second-order valence-corrected chi connectivity index (χ2v) is 4.96. The number of aryl methyl sites for hydroxylation is 1. The van der Waals surface area contributed by atoms with Crippen LogP contribution in [-0.2, 0) is 0 Å². The summed E-state index contributed by atoms with van der Waals surface area (Å²) >= 11 is 1.34. The molecule has 20 heavy (non-hydrogen) atoms. The van der Waals surface area contributed by atoms with Crippen LogP contribution in [0.1, 0.15) is 20.8 Å². The minimum atomic E-state index is -0.536. The van der Waals surface area contributed by atoms with Gasteiger partial charge >= 0.3 is 0 Å². The maximum atomic E-state index is 13.7. The molecule has 0 radical (unpaired) electrons. The normalized spacial score (nSPS) is 9.75. The molecule has 5 heteroatoms. The Balaban J connectivity index is 2.17. The number of aliphatic hydroxyl groups is 1. The number of carbonyl (C=O) groups excluding carboxylic acids is 1. The number of rotatable bonds is 2. The van der Waals surface area contributed by atoms with Gasteiger partial charge in [0, 0.05) is 5.69 Å². The van der Waals surface area contributed by atoms with Gasteiger partial charge in [-0.2, -0.15) is 0 Å². The predicted octanol–water partition coefficient (Wildman–Crippen LogP) is 2.79. The molecule has 2 N–H and O–H groups in total. The number of benzene rings is 1. The number of aliphatic hydroxyl groups excluding tert-OH is 1. The molecule has 0 saturated carbocycles. The third kappa shape index (κ3) is 3.23. The number of anilines is 1. The van der Waals surface area contributed by atoms with Gasteiger partial charge in [-0.15, -0.1) is 11.3 Å². The third-order valence-electron chi connectivity index (χ3n) is 2.60. The minimum absolute atomic E-state index is 0.185. The first-order chi connectivity index (χ1) is 9.61. The van der Waals surface area contributed by atoms with Gasteiger partial charge in [0.05, 0.1) is 10.4 Å². The van der Waals surface area contributed by atoms with Crippen LogP contribution in [0, 0.1) is 24.6 Å².